The summed E-state index contributed by atoms with van der Waals surface area (Å²) >= 11 is 9.01. The summed E-state index contributed by atoms with van der Waals surface area (Å²) in [6.07, 6.45) is 1.91. The average Bonchev–Trinajstić information content (AvgIpc) is 3.09. The smallest absolute Gasteiger partial charge is 0.266 e. The number of benzene rings is 3. The van der Waals surface area contributed by atoms with Crippen molar-refractivity contribution in [2.45, 2.75) is 9.79 Å². The van der Waals surface area contributed by atoms with Crippen LogP contribution >= 0.6 is 35.1 Å². The Bertz CT molecular complexity index is 1130. The molecule has 1 saturated heterocycles. The van der Waals surface area contributed by atoms with Crippen LogP contribution in [0.1, 0.15) is 5.56 Å². The highest BCUT2D eigenvalue weighted by molar-refractivity contribution is 8.18. The van der Waals surface area contributed by atoms with Crippen molar-refractivity contribution in [2.75, 3.05) is 20.3 Å². The summed E-state index contributed by atoms with van der Waals surface area (Å²) in [4.78, 5) is 22.3. The lowest BCUT2D eigenvalue weighted by atomic mass is 10.2. The van der Waals surface area contributed by atoms with Gasteiger partial charge in [-0.2, -0.15) is 0 Å². The van der Waals surface area contributed by atoms with E-state index in [1.165, 1.54) is 11.8 Å². The Kier molecular flexibility index (Phi) is 7.71. The Balaban J connectivity index is 1.52. The molecule has 1 heterocycles. The fourth-order valence-corrected chi connectivity index (χ4v) is 4.97. The van der Waals surface area contributed by atoms with Crippen LogP contribution in [0.15, 0.2) is 98.6 Å². The number of rotatable bonds is 7. The van der Waals surface area contributed by atoms with Crippen molar-refractivity contribution in [3.63, 3.8) is 0 Å². The first-order chi connectivity index (χ1) is 15.6. The Morgan fingerprint density at radius 1 is 1.00 bits per heavy atom. The van der Waals surface area contributed by atoms with E-state index in [1.54, 1.807) is 23.8 Å². The van der Waals surface area contributed by atoms with Gasteiger partial charge in [0, 0.05) is 21.9 Å². The van der Waals surface area contributed by atoms with Crippen LogP contribution in [0.2, 0.25) is 5.02 Å². The first-order valence-corrected chi connectivity index (χ1v) is 12.0. The van der Waals surface area contributed by atoms with Crippen molar-refractivity contribution in [1.29, 1.82) is 0 Å². The van der Waals surface area contributed by atoms with Gasteiger partial charge in [0.2, 0.25) is 0 Å². The molecule has 0 aromatic heterocycles. The maximum Gasteiger partial charge on any atom is 0.266 e. The molecule has 7 heteroatoms. The van der Waals surface area contributed by atoms with Crippen LogP contribution in [-0.2, 0) is 9.53 Å². The Morgan fingerprint density at radius 2 is 1.66 bits per heavy atom. The largest absolute Gasteiger partial charge is 0.383 e. The molecule has 4 rings (SSSR count). The maximum atomic E-state index is 13.0. The molecule has 1 amide bonds. The van der Waals surface area contributed by atoms with Crippen molar-refractivity contribution in [3.8, 4) is 0 Å². The van der Waals surface area contributed by atoms with Crippen LogP contribution < -0.4 is 0 Å². The van der Waals surface area contributed by atoms with E-state index in [0.29, 0.717) is 23.2 Å². The van der Waals surface area contributed by atoms with Gasteiger partial charge in [0.05, 0.1) is 23.7 Å². The van der Waals surface area contributed by atoms with E-state index >= 15 is 0 Å². The molecule has 3 aromatic rings. The minimum absolute atomic E-state index is 0.0543. The topological polar surface area (TPSA) is 41.9 Å². The van der Waals surface area contributed by atoms with E-state index in [2.05, 4.69) is 17.1 Å². The zero-order valence-electron chi connectivity index (χ0n) is 17.4. The van der Waals surface area contributed by atoms with Crippen LogP contribution in [0.3, 0.4) is 0 Å². The number of hydrogen-bond acceptors (Lipinski definition) is 5. The SMILES string of the molecule is COCCN1C(=O)/C(=C/c2ccc(Sc3ccc(Cl)cc3)cc2)SC1=Nc1ccccc1. The highest BCUT2D eigenvalue weighted by atomic mass is 35.5. The van der Waals surface area contributed by atoms with E-state index in [-0.39, 0.29) is 5.91 Å². The monoisotopic (exact) mass is 480 g/mol. The van der Waals surface area contributed by atoms with Gasteiger partial charge in [-0.25, -0.2) is 4.99 Å². The number of halogens is 1. The molecular weight excluding hydrogens is 460 g/mol. The minimum Gasteiger partial charge on any atom is -0.383 e. The number of nitrogens with zero attached hydrogens (tertiary/aromatic N) is 2. The lowest BCUT2D eigenvalue weighted by Gasteiger charge is -2.14. The summed E-state index contributed by atoms with van der Waals surface area (Å²) in [5.74, 6) is -0.0543. The second kappa shape index (κ2) is 10.9. The predicted octanol–water partition coefficient (Wildman–Crippen LogP) is 6.74. The van der Waals surface area contributed by atoms with Gasteiger partial charge >= 0.3 is 0 Å². The molecule has 0 aliphatic carbocycles. The summed E-state index contributed by atoms with van der Waals surface area (Å²) in [6, 6.07) is 25.6. The van der Waals surface area contributed by atoms with Gasteiger partial charge in [0.15, 0.2) is 5.17 Å². The highest BCUT2D eigenvalue weighted by Crippen LogP contribution is 2.35. The van der Waals surface area contributed by atoms with Gasteiger partial charge < -0.3 is 4.74 Å². The maximum absolute atomic E-state index is 13.0. The molecule has 1 aliphatic heterocycles. The van der Waals surface area contributed by atoms with E-state index in [1.807, 2.05) is 72.8 Å². The number of hydrogen-bond donors (Lipinski definition) is 0. The molecule has 0 unspecified atom stereocenters. The summed E-state index contributed by atoms with van der Waals surface area (Å²) in [7, 11) is 1.63. The molecule has 0 radical (unpaired) electrons. The molecule has 0 N–H and O–H groups in total. The van der Waals surface area contributed by atoms with Crippen LogP contribution in [0.25, 0.3) is 6.08 Å². The number of amides is 1. The number of amidine groups is 1. The molecule has 4 nitrogen and oxygen atoms in total. The van der Waals surface area contributed by atoms with Crippen LogP contribution in [0.4, 0.5) is 5.69 Å². The van der Waals surface area contributed by atoms with Crippen molar-refractivity contribution in [1.82, 2.24) is 4.90 Å². The normalized spacial score (nSPS) is 16.3. The standard InChI is InChI=1S/C25H21ClN2O2S2/c1-30-16-15-28-24(29)23(32-25(28)27-20-5-3-2-4-6-20)17-18-7-11-21(12-8-18)31-22-13-9-19(26)10-14-22/h2-14,17H,15-16H2,1H3/b23-17-,27-25?. The first kappa shape index (κ1) is 22.7. The van der Waals surface area contributed by atoms with Gasteiger partial charge in [0.1, 0.15) is 0 Å². The van der Waals surface area contributed by atoms with Gasteiger partial charge in [-0.3, -0.25) is 9.69 Å². The molecule has 32 heavy (non-hydrogen) atoms. The molecule has 1 aliphatic rings. The van der Waals surface area contributed by atoms with E-state index in [0.717, 1.165) is 26.1 Å². The second-order valence-corrected chi connectivity index (χ2v) is 9.51. The molecule has 3 aromatic carbocycles. The molecule has 0 bridgehead atoms. The van der Waals surface area contributed by atoms with E-state index < -0.39 is 0 Å². The lowest BCUT2D eigenvalue weighted by molar-refractivity contribution is -0.122. The van der Waals surface area contributed by atoms with Crippen LogP contribution in [0, 0.1) is 0 Å². The van der Waals surface area contributed by atoms with Gasteiger partial charge in [0.25, 0.3) is 5.91 Å². The third-order valence-corrected chi connectivity index (χ3v) is 6.89. The number of carbonyl (C=O) groups excluding carboxylic acids is 1. The Labute approximate surface area is 201 Å². The fraction of sp³-hybridized carbons (Fsp3) is 0.120. The van der Waals surface area contributed by atoms with Gasteiger partial charge in [-0.1, -0.05) is 53.7 Å². The summed E-state index contributed by atoms with van der Waals surface area (Å²) < 4.78 is 5.19. The second-order valence-electron chi connectivity index (χ2n) is 6.92. The Morgan fingerprint density at radius 3 is 2.31 bits per heavy atom. The Hall–Kier alpha value is -2.51. The number of aliphatic imine (C=N–C) groups is 1. The number of carbonyl (C=O) groups is 1. The molecule has 1 fully saturated rings. The van der Waals surface area contributed by atoms with Crippen molar-refractivity contribution >= 4 is 58.0 Å². The summed E-state index contributed by atoms with van der Waals surface area (Å²) in [6.45, 7) is 0.909. The lowest BCUT2D eigenvalue weighted by Crippen LogP contribution is -2.32. The van der Waals surface area contributed by atoms with Crippen LogP contribution in [-0.4, -0.2) is 36.2 Å². The third-order valence-electron chi connectivity index (χ3n) is 4.62. The first-order valence-electron chi connectivity index (χ1n) is 10.00. The van der Waals surface area contributed by atoms with Gasteiger partial charge in [-0.05, 0) is 71.9 Å². The number of ether oxygens (including phenoxy) is 1. The average molecular weight is 481 g/mol. The zero-order chi connectivity index (χ0) is 22.3. The van der Waals surface area contributed by atoms with E-state index in [9.17, 15) is 4.79 Å². The van der Waals surface area contributed by atoms with Crippen molar-refractivity contribution < 1.29 is 9.53 Å². The molecular formula is C25H21ClN2O2S2. The molecule has 0 atom stereocenters. The molecule has 0 saturated carbocycles. The minimum atomic E-state index is -0.0543. The third kappa shape index (κ3) is 5.84. The van der Waals surface area contributed by atoms with Crippen LogP contribution in [0.5, 0.6) is 0 Å². The number of para-hydroxylation sites is 1. The number of thioether (sulfide) groups is 1. The molecule has 0 spiro atoms. The zero-order valence-corrected chi connectivity index (χ0v) is 19.8. The fourth-order valence-electron chi connectivity index (χ4n) is 3.01. The predicted molar refractivity (Wildman–Crippen MR) is 135 cm³/mol. The van der Waals surface area contributed by atoms with Crippen molar-refractivity contribution in [2.24, 2.45) is 4.99 Å². The highest BCUT2D eigenvalue weighted by Gasteiger charge is 2.33. The molecule has 162 valence electrons. The number of methoxy groups -OCH3 is 1. The van der Waals surface area contributed by atoms with Crippen molar-refractivity contribution in [3.05, 3.63) is 94.4 Å². The summed E-state index contributed by atoms with van der Waals surface area (Å²) in [5.41, 5.74) is 1.78. The summed E-state index contributed by atoms with van der Waals surface area (Å²) in [5, 5.41) is 1.39. The quantitative estimate of drug-likeness (QED) is 0.351. The van der Waals surface area contributed by atoms with Gasteiger partial charge in [-0.15, -0.1) is 0 Å². The van der Waals surface area contributed by atoms with E-state index in [4.69, 9.17) is 16.3 Å².